The molecular weight excluding hydrogens is 246 g/mol. The van der Waals surface area contributed by atoms with Gasteiger partial charge in [0.05, 0.1) is 5.41 Å². The van der Waals surface area contributed by atoms with E-state index < -0.39 is 5.41 Å². The Morgan fingerprint density at radius 2 is 1.80 bits per heavy atom. The first kappa shape index (κ1) is 14.6. The van der Waals surface area contributed by atoms with Gasteiger partial charge in [0.2, 0.25) is 5.91 Å². The second kappa shape index (κ2) is 5.66. The van der Waals surface area contributed by atoms with Crippen LogP contribution in [0.2, 0.25) is 0 Å². The van der Waals surface area contributed by atoms with Crippen molar-refractivity contribution in [2.75, 3.05) is 7.05 Å². The molecule has 0 aliphatic heterocycles. The minimum atomic E-state index is -0.411. The van der Waals surface area contributed by atoms with Crippen LogP contribution in [-0.4, -0.2) is 13.0 Å². The van der Waals surface area contributed by atoms with Gasteiger partial charge < -0.3 is 5.32 Å². The molecule has 1 unspecified atom stereocenters. The van der Waals surface area contributed by atoms with Gasteiger partial charge >= 0.3 is 0 Å². The van der Waals surface area contributed by atoms with Gasteiger partial charge in [-0.05, 0) is 28.7 Å². The van der Waals surface area contributed by atoms with Crippen molar-refractivity contribution in [3.63, 3.8) is 0 Å². The Labute approximate surface area is 121 Å². The second-order valence-corrected chi connectivity index (χ2v) is 5.87. The van der Waals surface area contributed by atoms with Crippen LogP contribution in [0, 0.1) is 5.41 Å². The molecule has 2 heteroatoms. The zero-order valence-corrected chi connectivity index (χ0v) is 12.7. The topological polar surface area (TPSA) is 29.1 Å². The number of hydrogen-bond donors (Lipinski definition) is 1. The Kier molecular flexibility index (Phi) is 4.12. The van der Waals surface area contributed by atoms with Crippen molar-refractivity contribution >= 4 is 16.7 Å². The number of carbonyl (C=O) groups is 1. The standard InChI is InChI=1S/C18H23NO/c1-5-16(18(2,3)17(20)19-4)15-11-10-13-8-6-7-9-14(13)12-15/h6-12,16H,5H2,1-4H3,(H,19,20). The fourth-order valence-corrected chi connectivity index (χ4v) is 3.07. The van der Waals surface area contributed by atoms with Crippen LogP contribution >= 0.6 is 0 Å². The first-order valence-corrected chi connectivity index (χ1v) is 7.21. The van der Waals surface area contributed by atoms with E-state index in [0.29, 0.717) is 0 Å². The van der Waals surface area contributed by atoms with E-state index in [0.717, 1.165) is 6.42 Å². The SMILES string of the molecule is CCC(c1ccc2ccccc2c1)C(C)(C)C(=O)NC. The van der Waals surface area contributed by atoms with Crippen LogP contribution in [0.15, 0.2) is 42.5 Å². The number of fused-ring (bicyclic) bond motifs is 1. The lowest BCUT2D eigenvalue weighted by Crippen LogP contribution is -2.39. The Morgan fingerprint density at radius 1 is 1.15 bits per heavy atom. The summed E-state index contributed by atoms with van der Waals surface area (Å²) in [6.45, 7) is 6.19. The number of amides is 1. The molecule has 0 saturated carbocycles. The molecule has 1 amide bonds. The zero-order valence-electron chi connectivity index (χ0n) is 12.7. The summed E-state index contributed by atoms with van der Waals surface area (Å²) in [6, 6.07) is 14.9. The first-order chi connectivity index (χ1) is 9.50. The Hall–Kier alpha value is -1.83. The predicted octanol–water partition coefficient (Wildman–Crippen LogP) is 4.11. The third-order valence-corrected chi connectivity index (χ3v) is 4.27. The van der Waals surface area contributed by atoms with Gasteiger partial charge in [0.1, 0.15) is 0 Å². The van der Waals surface area contributed by atoms with Crippen LogP contribution in [0.25, 0.3) is 10.8 Å². The summed E-state index contributed by atoms with van der Waals surface area (Å²) in [5, 5.41) is 5.26. The summed E-state index contributed by atoms with van der Waals surface area (Å²) in [4.78, 5) is 12.2. The number of nitrogens with one attached hydrogen (secondary N) is 1. The van der Waals surface area contributed by atoms with E-state index in [-0.39, 0.29) is 11.8 Å². The summed E-state index contributed by atoms with van der Waals surface area (Å²) < 4.78 is 0. The van der Waals surface area contributed by atoms with Crippen molar-refractivity contribution in [3.8, 4) is 0 Å². The fraction of sp³-hybridized carbons (Fsp3) is 0.389. The van der Waals surface area contributed by atoms with Crippen molar-refractivity contribution in [3.05, 3.63) is 48.0 Å². The lowest BCUT2D eigenvalue weighted by atomic mass is 9.72. The third-order valence-electron chi connectivity index (χ3n) is 4.27. The highest BCUT2D eigenvalue weighted by atomic mass is 16.2. The van der Waals surface area contributed by atoms with Crippen molar-refractivity contribution < 1.29 is 4.79 Å². The number of rotatable bonds is 4. The molecule has 0 radical (unpaired) electrons. The van der Waals surface area contributed by atoms with Crippen LogP contribution in [-0.2, 0) is 4.79 Å². The van der Waals surface area contributed by atoms with Gasteiger partial charge in [-0.2, -0.15) is 0 Å². The maximum atomic E-state index is 12.2. The van der Waals surface area contributed by atoms with Gasteiger partial charge in [-0.15, -0.1) is 0 Å². The molecule has 1 N–H and O–H groups in total. The van der Waals surface area contributed by atoms with Crippen LogP contribution in [0.5, 0.6) is 0 Å². The van der Waals surface area contributed by atoms with E-state index in [9.17, 15) is 4.79 Å². The molecule has 0 heterocycles. The maximum absolute atomic E-state index is 12.2. The summed E-state index contributed by atoms with van der Waals surface area (Å²) >= 11 is 0. The smallest absolute Gasteiger partial charge is 0.226 e. The summed E-state index contributed by atoms with van der Waals surface area (Å²) in [5.74, 6) is 0.310. The van der Waals surface area contributed by atoms with Crippen molar-refractivity contribution in [2.45, 2.75) is 33.1 Å². The molecule has 2 aromatic rings. The lowest BCUT2D eigenvalue weighted by molar-refractivity contribution is -0.130. The lowest BCUT2D eigenvalue weighted by Gasteiger charge is -2.32. The molecule has 0 aliphatic carbocycles. The Bertz CT molecular complexity index is 616. The van der Waals surface area contributed by atoms with Gasteiger partial charge in [0, 0.05) is 7.05 Å². The molecule has 1 atom stereocenters. The van der Waals surface area contributed by atoms with Crippen LogP contribution in [0.1, 0.15) is 38.7 Å². The minimum Gasteiger partial charge on any atom is -0.359 e. The quantitative estimate of drug-likeness (QED) is 0.889. The van der Waals surface area contributed by atoms with Crippen molar-refractivity contribution in [2.24, 2.45) is 5.41 Å². The van der Waals surface area contributed by atoms with Crippen LogP contribution in [0.4, 0.5) is 0 Å². The normalized spacial score (nSPS) is 13.2. The highest BCUT2D eigenvalue weighted by Gasteiger charge is 2.35. The van der Waals surface area contributed by atoms with Gasteiger partial charge in [0.15, 0.2) is 0 Å². The average Bonchev–Trinajstić information content (AvgIpc) is 2.46. The molecule has 2 nitrogen and oxygen atoms in total. The van der Waals surface area contributed by atoms with Crippen molar-refractivity contribution in [1.82, 2.24) is 5.32 Å². The van der Waals surface area contributed by atoms with Gasteiger partial charge in [-0.3, -0.25) is 4.79 Å². The zero-order chi connectivity index (χ0) is 14.8. The highest BCUT2D eigenvalue weighted by molar-refractivity contribution is 5.85. The molecule has 2 aromatic carbocycles. The van der Waals surface area contributed by atoms with Crippen LogP contribution in [0.3, 0.4) is 0 Å². The van der Waals surface area contributed by atoms with E-state index in [2.05, 4.69) is 48.6 Å². The van der Waals surface area contributed by atoms with E-state index in [4.69, 9.17) is 0 Å². The molecule has 20 heavy (non-hydrogen) atoms. The minimum absolute atomic E-state index is 0.0949. The summed E-state index contributed by atoms with van der Waals surface area (Å²) in [5.41, 5.74) is 0.825. The van der Waals surface area contributed by atoms with Gasteiger partial charge in [-0.1, -0.05) is 63.2 Å². The Balaban J connectivity index is 2.46. The van der Waals surface area contributed by atoms with Crippen LogP contribution < -0.4 is 5.32 Å². The van der Waals surface area contributed by atoms with Crippen molar-refractivity contribution in [1.29, 1.82) is 0 Å². The molecule has 0 spiro atoms. The first-order valence-electron chi connectivity index (χ1n) is 7.21. The number of benzene rings is 2. The molecule has 0 bridgehead atoms. The highest BCUT2D eigenvalue weighted by Crippen LogP contribution is 2.39. The van der Waals surface area contributed by atoms with E-state index in [1.165, 1.54) is 16.3 Å². The monoisotopic (exact) mass is 269 g/mol. The number of hydrogen-bond acceptors (Lipinski definition) is 1. The largest absolute Gasteiger partial charge is 0.359 e. The molecule has 0 fully saturated rings. The molecule has 2 rings (SSSR count). The molecule has 106 valence electrons. The second-order valence-electron chi connectivity index (χ2n) is 5.87. The van der Waals surface area contributed by atoms with Gasteiger partial charge in [-0.25, -0.2) is 0 Å². The molecule has 0 saturated heterocycles. The fourth-order valence-electron chi connectivity index (χ4n) is 3.07. The third kappa shape index (κ3) is 2.55. The average molecular weight is 269 g/mol. The Morgan fingerprint density at radius 3 is 2.40 bits per heavy atom. The van der Waals surface area contributed by atoms with Gasteiger partial charge in [0.25, 0.3) is 0 Å². The van der Waals surface area contributed by atoms with E-state index >= 15 is 0 Å². The maximum Gasteiger partial charge on any atom is 0.226 e. The molecular formula is C18H23NO. The summed E-state index contributed by atoms with van der Waals surface area (Å²) in [6.07, 6.45) is 0.943. The molecule has 0 aliphatic rings. The summed E-state index contributed by atoms with van der Waals surface area (Å²) in [7, 11) is 1.71. The van der Waals surface area contributed by atoms with E-state index in [1.54, 1.807) is 7.05 Å². The predicted molar refractivity (Wildman–Crippen MR) is 84.8 cm³/mol. The number of carbonyl (C=O) groups excluding carboxylic acids is 1. The molecule has 0 aromatic heterocycles. The van der Waals surface area contributed by atoms with E-state index in [1.807, 2.05) is 19.9 Å².